The van der Waals surface area contributed by atoms with E-state index in [-0.39, 0.29) is 0 Å². The number of benzene rings is 1. The second-order valence-corrected chi connectivity index (χ2v) is 2.74. The lowest BCUT2D eigenvalue weighted by molar-refractivity contribution is 0.965. The number of rotatable bonds is 0. The molecule has 4 heteroatoms. The predicted molar refractivity (Wildman–Crippen MR) is 49.5 cm³/mol. The molecule has 2 aromatic rings. The maximum Gasteiger partial charge on any atom is 0.201 e. The molecule has 0 amide bonds. The largest absolute Gasteiger partial charge is 0.397 e. The van der Waals surface area contributed by atoms with E-state index in [1.165, 1.54) is 0 Å². The van der Waals surface area contributed by atoms with Gasteiger partial charge in [-0.2, -0.15) is 0 Å². The predicted octanol–water partition coefficient (Wildman–Crippen LogP) is 0.738. The van der Waals surface area contributed by atoms with Gasteiger partial charge in [0.25, 0.3) is 0 Å². The van der Waals surface area contributed by atoms with Crippen LogP contribution in [0.5, 0.6) is 0 Å². The maximum atomic E-state index is 5.71. The van der Waals surface area contributed by atoms with Crippen LogP contribution >= 0.6 is 0 Å². The number of para-hydroxylation sites is 1. The summed E-state index contributed by atoms with van der Waals surface area (Å²) in [7, 11) is 1.87. The molecule has 0 saturated heterocycles. The highest BCUT2D eigenvalue weighted by molar-refractivity contribution is 5.88. The second kappa shape index (κ2) is 2.14. The Morgan fingerprint density at radius 1 is 1.33 bits per heavy atom. The van der Waals surface area contributed by atoms with Gasteiger partial charge in [0.2, 0.25) is 5.95 Å². The molecule has 1 aromatic heterocycles. The van der Waals surface area contributed by atoms with Crippen LogP contribution in [0.25, 0.3) is 11.0 Å². The number of nitrogens with zero attached hydrogens (tertiary/aromatic N) is 2. The summed E-state index contributed by atoms with van der Waals surface area (Å²) in [4.78, 5) is 4.13. The Hall–Kier alpha value is -1.71. The molecule has 0 aliphatic carbocycles. The SMILES string of the molecule is Cn1c(N)nc2c(N)cccc21. The molecule has 0 fully saturated rings. The van der Waals surface area contributed by atoms with Crippen LogP contribution in [0.15, 0.2) is 18.2 Å². The van der Waals surface area contributed by atoms with Gasteiger partial charge in [0, 0.05) is 7.05 Å². The van der Waals surface area contributed by atoms with Gasteiger partial charge in [-0.05, 0) is 12.1 Å². The monoisotopic (exact) mass is 162 g/mol. The van der Waals surface area contributed by atoms with Crippen molar-refractivity contribution in [1.29, 1.82) is 0 Å². The molecule has 0 aliphatic heterocycles. The fraction of sp³-hybridized carbons (Fsp3) is 0.125. The summed E-state index contributed by atoms with van der Waals surface area (Å²) < 4.78 is 1.81. The van der Waals surface area contributed by atoms with E-state index in [0.717, 1.165) is 11.0 Å². The molecule has 2 rings (SSSR count). The van der Waals surface area contributed by atoms with Gasteiger partial charge in [-0.15, -0.1) is 0 Å². The highest BCUT2D eigenvalue weighted by Crippen LogP contribution is 2.21. The van der Waals surface area contributed by atoms with E-state index >= 15 is 0 Å². The van der Waals surface area contributed by atoms with Crippen LogP contribution in [0, 0.1) is 0 Å². The lowest BCUT2D eigenvalue weighted by Crippen LogP contribution is -1.95. The zero-order chi connectivity index (χ0) is 8.72. The minimum absolute atomic E-state index is 0.489. The molecule has 62 valence electrons. The molecule has 4 nitrogen and oxygen atoms in total. The smallest absolute Gasteiger partial charge is 0.201 e. The van der Waals surface area contributed by atoms with Crippen LogP contribution in [0.1, 0.15) is 0 Å². The zero-order valence-electron chi connectivity index (χ0n) is 6.78. The van der Waals surface area contributed by atoms with Crippen molar-refractivity contribution in [2.45, 2.75) is 0 Å². The van der Waals surface area contributed by atoms with Crippen LogP contribution in [-0.4, -0.2) is 9.55 Å². The van der Waals surface area contributed by atoms with Crippen molar-refractivity contribution in [1.82, 2.24) is 9.55 Å². The number of aryl methyl sites for hydroxylation is 1. The number of aromatic nitrogens is 2. The molecule has 0 aliphatic rings. The normalized spacial score (nSPS) is 10.8. The number of hydrogen-bond donors (Lipinski definition) is 2. The Bertz CT molecular complexity index is 430. The lowest BCUT2D eigenvalue weighted by Gasteiger charge is -1.95. The van der Waals surface area contributed by atoms with Crippen molar-refractivity contribution in [2.75, 3.05) is 11.5 Å². The van der Waals surface area contributed by atoms with Crippen molar-refractivity contribution < 1.29 is 0 Å². The standard InChI is InChI=1S/C8H10N4/c1-12-6-4-2-3-5(9)7(6)11-8(12)10/h2-4H,9H2,1H3,(H2,10,11). The fourth-order valence-corrected chi connectivity index (χ4v) is 1.25. The molecule has 1 heterocycles. The third-order valence-electron chi connectivity index (χ3n) is 1.98. The van der Waals surface area contributed by atoms with Gasteiger partial charge < -0.3 is 16.0 Å². The average Bonchev–Trinajstić information content (AvgIpc) is 2.32. The van der Waals surface area contributed by atoms with E-state index in [2.05, 4.69) is 4.98 Å². The number of hydrogen-bond acceptors (Lipinski definition) is 3. The van der Waals surface area contributed by atoms with E-state index in [1.807, 2.05) is 29.8 Å². The highest BCUT2D eigenvalue weighted by atomic mass is 15.1. The van der Waals surface area contributed by atoms with Crippen LogP contribution in [0.3, 0.4) is 0 Å². The van der Waals surface area contributed by atoms with Crippen molar-refractivity contribution in [3.63, 3.8) is 0 Å². The molecule has 0 atom stereocenters. The van der Waals surface area contributed by atoms with Gasteiger partial charge in [-0.3, -0.25) is 0 Å². The Morgan fingerprint density at radius 3 is 2.75 bits per heavy atom. The third kappa shape index (κ3) is 0.747. The first-order valence-corrected chi connectivity index (χ1v) is 3.66. The quantitative estimate of drug-likeness (QED) is 0.561. The van der Waals surface area contributed by atoms with Crippen molar-refractivity contribution in [3.8, 4) is 0 Å². The first-order chi connectivity index (χ1) is 5.70. The summed E-state index contributed by atoms with van der Waals surface area (Å²) in [6, 6.07) is 5.64. The van der Waals surface area contributed by atoms with Gasteiger partial charge in [0.05, 0.1) is 11.2 Å². The number of nitrogen functional groups attached to an aromatic ring is 2. The molecular weight excluding hydrogens is 152 g/mol. The van der Waals surface area contributed by atoms with E-state index in [4.69, 9.17) is 11.5 Å². The fourth-order valence-electron chi connectivity index (χ4n) is 1.25. The van der Waals surface area contributed by atoms with Gasteiger partial charge in [-0.1, -0.05) is 6.07 Å². The van der Waals surface area contributed by atoms with Crippen molar-refractivity contribution in [3.05, 3.63) is 18.2 Å². The van der Waals surface area contributed by atoms with Gasteiger partial charge >= 0.3 is 0 Å². The van der Waals surface area contributed by atoms with Crippen molar-refractivity contribution >= 4 is 22.7 Å². The summed E-state index contributed by atoms with van der Waals surface area (Å²) in [5, 5.41) is 0. The topological polar surface area (TPSA) is 69.9 Å². The average molecular weight is 162 g/mol. The minimum Gasteiger partial charge on any atom is -0.397 e. The molecule has 0 saturated carbocycles. The van der Waals surface area contributed by atoms with E-state index < -0.39 is 0 Å². The van der Waals surface area contributed by atoms with Crippen LogP contribution < -0.4 is 11.5 Å². The number of fused-ring (bicyclic) bond motifs is 1. The van der Waals surface area contributed by atoms with E-state index in [0.29, 0.717) is 11.6 Å². The van der Waals surface area contributed by atoms with E-state index in [1.54, 1.807) is 0 Å². The summed E-state index contributed by atoms with van der Waals surface area (Å²) in [6.45, 7) is 0. The Morgan fingerprint density at radius 2 is 2.08 bits per heavy atom. The van der Waals surface area contributed by atoms with Crippen LogP contribution in [0.4, 0.5) is 11.6 Å². The molecule has 1 aromatic carbocycles. The Balaban J connectivity index is 2.95. The summed E-state index contributed by atoms with van der Waals surface area (Å²) >= 11 is 0. The summed E-state index contributed by atoms with van der Waals surface area (Å²) in [5.41, 5.74) is 13.7. The number of nitrogens with two attached hydrogens (primary N) is 2. The minimum atomic E-state index is 0.489. The third-order valence-corrected chi connectivity index (χ3v) is 1.98. The molecule has 0 bridgehead atoms. The zero-order valence-corrected chi connectivity index (χ0v) is 6.78. The maximum absolute atomic E-state index is 5.71. The number of anilines is 2. The molecule has 0 spiro atoms. The highest BCUT2D eigenvalue weighted by Gasteiger charge is 2.05. The van der Waals surface area contributed by atoms with Crippen LogP contribution in [0.2, 0.25) is 0 Å². The molecular formula is C8H10N4. The van der Waals surface area contributed by atoms with Gasteiger partial charge in [-0.25, -0.2) is 4.98 Å². The number of imidazole rings is 1. The molecule has 0 unspecified atom stereocenters. The van der Waals surface area contributed by atoms with Gasteiger partial charge in [0.1, 0.15) is 5.52 Å². The molecule has 4 N–H and O–H groups in total. The Labute approximate surface area is 69.8 Å². The Kier molecular flexibility index (Phi) is 1.24. The summed E-state index contributed by atoms with van der Waals surface area (Å²) in [6.07, 6.45) is 0. The van der Waals surface area contributed by atoms with Gasteiger partial charge in [0.15, 0.2) is 0 Å². The molecule has 12 heavy (non-hydrogen) atoms. The summed E-state index contributed by atoms with van der Waals surface area (Å²) in [5.74, 6) is 0.489. The van der Waals surface area contributed by atoms with Crippen molar-refractivity contribution in [2.24, 2.45) is 7.05 Å². The lowest BCUT2D eigenvalue weighted by atomic mass is 10.3. The molecule has 0 radical (unpaired) electrons. The second-order valence-electron chi connectivity index (χ2n) is 2.74. The first-order valence-electron chi connectivity index (χ1n) is 3.66. The van der Waals surface area contributed by atoms with Crippen LogP contribution in [-0.2, 0) is 7.05 Å². The van der Waals surface area contributed by atoms with E-state index in [9.17, 15) is 0 Å². The first kappa shape index (κ1) is 6.97.